The van der Waals surface area contributed by atoms with E-state index in [4.69, 9.17) is 19.9 Å². The molecule has 23 heavy (non-hydrogen) atoms. The molecule has 1 aromatic rings. The van der Waals surface area contributed by atoms with Crippen LogP contribution in [-0.4, -0.2) is 39.9 Å². The minimum atomic E-state index is -0.516. The maximum atomic E-state index is 12.5. The van der Waals surface area contributed by atoms with Gasteiger partial charge in [0.2, 0.25) is 5.91 Å². The average Bonchev–Trinajstić information content (AvgIpc) is 2.59. The molecule has 1 aliphatic rings. The van der Waals surface area contributed by atoms with Gasteiger partial charge in [-0.3, -0.25) is 4.79 Å². The lowest BCUT2D eigenvalue weighted by Gasteiger charge is -2.34. The molecule has 0 bridgehead atoms. The monoisotopic (exact) mass is 344 g/mol. The molecule has 0 aliphatic carbocycles. The maximum Gasteiger partial charge on any atom is 0.227 e. The number of nitrogens with two attached hydrogens (primary N) is 1. The van der Waals surface area contributed by atoms with Crippen molar-refractivity contribution in [3.8, 4) is 11.5 Å². The largest absolute Gasteiger partial charge is 0.497 e. The smallest absolute Gasteiger partial charge is 0.227 e. The molecular weight excluding hydrogens is 320 g/mol. The van der Waals surface area contributed by atoms with Gasteiger partial charge in [0.15, 0.2) is 0 Å². The van der Waals surface area contributed by atoms with E-state index < -0.39 is 5.41 Å². The Balaban J connectivity index is 0.00000264. The summed E-state index contributed by atoms with van der Waals surface area (Å²) >= 11 is 0. The molecule has 0 unspecified atom stereocenters. The summed E-state index contributed by atoms with van der Waals surface area (Å²) in [5.41, 5.74) is 6.23. The highest BCUT2D eigenvalue weighted by Gasteiger charge is 2.38. The first-order valence-corrected chi connectivity index (χ1v) is 7.42. The van der Waals surface area contributed by atoms with Gasteiger partial charge in [-0.2, -0.15) is 0 Å². The molecule has 1 saturated heterocycles. The first-order valence-electron chi connectivity index (χ1n) is 7.42. The molecule has 0 saturated carbocycles. The number of rotatable bonds is 6. The topological polar surface area (TPSA) is 82.8 Å². The van der Waals surface area contributed by atoms with Crippen molar-refractivity contribution < 1.29 is 19.0 Å². The number of hydrogen-bond acceptors (Lipinski definition) is 5. The van der Waals surface area contributed by atoms with E-state index in [-0.39, 0.29) is 18.3 Å². The summed E-state index contributed by atoms with van der Waals surface area (Å²) in [7, 11) is 3.20. The maximum absolute atomic E-state index is 12.5. The zero-order valence-corrected chi connectivity index (χ0v) is 14.4. The molecule has 2 rings (SSSR count). The summed E-state index contributed by atoms with van der Waals surface area (Å²) in [6.07, 6.45) is 1.32. The van der Waals surface area contributed by atoms with Crippen molar-refractivity contribution in [3.63, 3.8) is 0 Å². The van der Waals surface area contributed by atoms with Crippen LogP contribution in [0.5, 0.6) is 11.5 Å². The van der Waals surface area contributed by atoms with Crippen molar-refractivity contribution in [3.05, 3.63) is 23.8 Å². The number of benzene rings is 1. The van der Waals surface area contributed by atoms with E-state index in [1.165, 1.54) is 0 Å². The molecule has 1 aromatic carbocycles. The van der Waals surface area contributed by atoms with Gasteiger partial charge in [-0.05, 0) is 25.0 Å². The summed E-state index contributed by atoms with van der Waals surface area (Å²) < 4.78 is 15.8. The average molecular weight is 345 g/mol. The van der Waals surface area contributed by atoms with Gasteiger partial charge in [0.25, 0.3) is 0 Å². The van der Waals surface area contributed by atoms with Crippen molar-refractivity contribution in [2.45, 2.75) is 19.4 Å². The van der Waals surface area contributed by atoms with E-state index in [2.05, 4.69) is 5.32 Å². The fourth-order valence-corrected chi connectivity index (χ4v) is 2.65. The summed E-state index contributed by atoms with van der Waals surface area (Å²) in [5.74, 6) is 1.39. The van der Waals surface area contributed by atoms with Crippen LogP contribution >= 0.6 is 12.4 Å². The molecule has 1 fully saturated rings. The van der Waals surface area contributed by atoms with Gasteiger partial charge in [-0.1, -0.05) is 0 Å². The second-order valence-corrected chi connectivity index (χ2v) is 5.46. The molecule has 3 N–H and O–H groups in total. The molecule has 0 atom stereocenters. The molecule has 1 heterocycles. The third-order valence-electron chi connectivity index (χ3n) is 4.26. The van der Waals surface area contributed by atoms with Crippen molar-refractivity contribution in [1.29, 1.82) is 0 Å². The van der Waals surface area contributed by atoms with Crippen LogP contribution < -0.4 is 20.5 Å². The van der Waals surface area contributed by atoms with Gasteiger partial charge in [0, 0.05) is 37.9 Å². The first-order chi connectivity index (χ1) is 10.6. The number of nitrogens with one attached hydrogen (secondary N) is 1. The third kappa shape index (κ3) is 4.50. The number of carbonyl (C=O) groups excluding carboxylic acids is 1. The fraction of sp³-hybridized carbons (Fsp3) is 0.562. The molecule has 1 amide bonds. The summed E-state index contributed by atoms with van der Waals surface area (Å²) in [4.78, 5) is 12.5. The Hall–Kier alpha value is -1.50. The molecule has 7 heteroatoms. The summed E-state index contributed by atoms with van der Waals surface area (Å²) in [6, 6.07) is 5.53. The predicted molar refractivity (Wildman–Crippen MR) is 90.2 cm³/mol. The van der Waals surface area contributed by atoms with Crippen molar-refractivity contribution in [1.82, 2.24) is 5.32 Å². The highest BCUT2D eigenvalue weighted by Crippen LogP contribution is 2.30. The van der Waals surface area contributed by atoms with Crippen LogP contribution in [-0.2, 0) is 16.1 Å². The summed E-state index contributed by atoms with van der Waals surface area (Å²) in [5, 5.41) is 2.98. The van der Waals surface area contributed by atoms with Crippen LogP contribution in [0.15, 0.2) is 18.2 Å². The Labute approximate surface area is 143 Å². The minimum Gasteiger partial charge on any atom is -0.497 e. The number of carbonyl (C=O) groups is 1. The van der Waals surface area contributed by atoms with Crippen LogP contribution in [0.4, 0.5) is 0 Å². The van der Waals surface area contributed by atoms with E-state index in [1.54, 1.807) is 20.3 Å². The van der Waals surface area contributed by atoms with Gasteiger partial charge in [0.05, 0.1) is 19.6 Å². The highest BCUT2D eigenvalue weighted by molar-refractivity contribution is 5.85. The fourth-order valence-electron chi connectivity index (χ4n) is 2.65. The zero-order valence-electron chi connectivity index (χ0n) is 13.6. The lowest BCUT2D eigenvalue weighted by molar-refractivity contribution is -0.136. The zero-order chi connectivity index (χ0) is 16.0. The Morgan fingerprint density at radius 2 is 2.00 bits per heavy atom. The standard InChI is InChI=1S/C16H24N2O4.ClH/c1-20-13-4-3-12(14(9-13)21-2)10-18-15(19)16(11-17)5-7-22-8-6-16;/h3-4,9H,5-8,10-11,17H2,1-2H3,(H,18,19);1H. The number of halogens is 1. The molecule has 0 radical (unpaired) electrons. The number of hydrogen-bond donors (Lipinski definition) is 2. The van der Waals surface area contributed by atoms with Gasteiger partial charge in [-0.15, -0.1) is 12.4 Å². The van der Waals surface area contributed by atoms with Crippen LogP contribution in [0.3, 0.4) is 0 Å². The van der Waals surface area contributed by atoms with Crippen molar-refractivity contribution >= 4 is 18.3 Å². The van der Waals surface area contributed by atoms with E-state index in [9.17, 15) is 4.79 Å². The van der Waals surface area contributed by atoms with Crippen LogP contribution in [0.2, 0.25) is 0 Å². The molecular formula is C16H25ClN2O4. The molecule has 0 aromatic heterocycles. The second kappa shape index (κ2) is 8.96. The van der Waals surface area contributed by atoms with Gasteiger partial charge < -0.3 is 25.3 Å². The number of methoxy groups -OCH3 is 2. The van der Waals surface area contributed by atoms with E-state index in [1.807, 2.05) is 12.1 Å². The van der Waals surface area contributed by atoms with Gasteiger partial charge in [-0.25, -0.2) is 0 Å². The molecule has 130 valence electrons. The number of ether oxygens (including phenoxy) is 3. The highest BCUT2D eigenvalue weighted by atomic mass is 35.5. The van der Waals surface area contributed by atoms with Crippen molar-refractivity contribution in [2.24, 2.45) is 11.1 Å². The summed E-state index contributed by atoms with van der Waals surface area (Å²) in [6.45, 7) is 1.89. The van der Waals surface area contributed by atoms with Crippen molar-refractivity contribution in [2.75, 3.05) is 34.0 Å². The minimum absolute atomic E-state index is 0. The molecule has 6 nitrogen and oxygen atoms in total. The van der Waals surface area contributed by atoms with E-state index in [0.717, 1.165) is 11.3 Å². The Bertz CT molecular complexity index is 519. The lowest BCUT2D eigenvalue weighted by atomic mass is 9.79. The van der Waals surface area contributed by atoms with Crippen LogP contribution in [0.25, 0.3) is 0 Å². The lowest BCUT2D eigenvalue weighted by Crippen LogP contribution is -2.49. The predicted octanol–water partition coefficient (Wildman–Crippen LogP) is 1.50. The van der Waals surface area contributed by atoms with E-state index in [0.29, 0.717) is 44.9 Å². The Kier molecular flexibility index (Phi) is 7.61. The molecule has 0 spiro atoms. The Morgan fingerprint density at radius 3 is 2.57 bits per heavy atom. The quantitative estimate of drug-likeness (QED) is 0.817. The third-order valence-corrected chi connectivity index (χ3v) is 4.26. The Morgan fingerprint density at radius 1 is 1.30 bits per heavy atom. The molecule has 1 aliphatic heterocycles. The first kappa shape index (κ1) is 19.5. The van der Waals surface area contributed by atoms with Crippen LogP contribution in [0, 0.1) is 5.41 Å². The van der Waals surface area contributed by atoms with Crippen LogP contribution in [0.1, 0.15) is 18.4 Å². The van der Waals surface area contributed by atoms with Gasteiger partial charge in [0.1, 0.15) is 11.5 Å². The van der Waals surface area contributed by atoms with E-state index >= 15 is 0 Å². The number of amides is 1. The van der Waals surface area contributed by atoms with Gasteiger partial charge >= 0.3 is 0 Å². The normalized spacial score (nSPS) is 16.1. The SMILES string of the molecule is COc1ccc(CNC(=O)C2(CN)CCOCC2)c(OC)c1.Cl. The second-order valence-electron chi connectivity index (χ2n) is 5.46.